The molecule has 198 valence electrons. The molecule has 1 aromatic carbocycles. The Morgan fingerprint density at radius 2 is 2.00 bits per heavy atom. The van der Waals surface area contributed by atoms with E-state index in [1.54, 1.807) is 29.2 Å². The highest BCUT2D eigenvalue weighted by molar-refractivity contribution is 7.91. The minimum absolute atomic E-state index is 0.0469. The first-order valence-electron chi connectivity index (χ1n) is 10.3. The maximum atomic E-state index is 12.8. The molecule has 1 fully saturated rings. The second kappa shape index (κ2) is 11.0. The number of benzene rings is 1. The third-order valence-corrected chi connectivity index (χ3v) is 8.25. The number of rotatable bonds is 6. The van der Waals surface area contributed by atoms with Crippen LogP contribution in [0.3, 0.4) is 0 Å². The molecule has 3 heterocycles. The van der Waals surface area contributed by atoms with Crippen LogP contribution in [0.25, 0.3) is 10.2 Å². The van der Waals surface area contributed by atoms with Gasteiger partial charge in [-0.15, -0.1) is 11.3 Å². The van der Waals surface area contributed by atoms with Crippen molar-refractivity contribution >= 4 is 60.9 Å². The van der Waals surface area contributed by atoms with Crippen LogP contribution in [0.15, 0.2) is 46.8 Å². The van der Waals surface area contributed by atoms with Gasteiger partial charge in [0, 0.05) is 24.8 Å². The first-order chi connectivity index (χ1) is 17.2. The highest BCUT2D eigenvalue weighted by Gasteiger charge is 2.38. The van der Waals surface area contributed by atoms with Gasteiger partial charge in [-0.25, -0.2) is 13.2 Å². The van der Waals surface area contributed by atoms with Crippen molar-refractivity contribution in [3.05, 3.63) is 58.7 Å². The maximum Gasteiger partial charge on any atom is 0.490 e. The van der Waals surface area contributed by atoms with Crippen molar-refractivity contribution in [3.8, 4) is 0 Å². The lowest BCUT2D eigenvalue weighted by molar-refractivity contribution is -0.192. The van der Waals surface area contributed by atoms with Gasteiger partial charge in [0.2, 0.25) is 5.91 Å². The molecule has 37 heavy (non-hydrogen) atoms. The molecule has 3 aromatic rings. The zero-order valence-electron chi connectivity index (χ0n) is 18.6. The van der Waals surface area contributed by atoms with Crippen LogP contribution in [0.4, 0.5) is 13.2 Å². The molecule has 0 bridgehead atoms. The minimum Gasteiger partial charge on any atom is -0.475 e. The molecule has 1 aliphatic rings. The van der Waals surface area contributed by atoms with Crippen molar-refractivity contribution in [3.63, 3.8) is 0 Å². The summed E-state index contributed by atoms with van der Waals surface area (Å²) in [5.74, 6) is -3.09. The Morgan fingerprint density at radius 1 is 1.32 bits per heavy atom. The number of sulfonamides is 1. The van der Waals surface area contributed by atoms with Crippen molar-refractivity contribution in [2.45, 2.75) is 29.4 Å². The molecule has 0 spiro atoms. The van der Waals surface area contributed by atoms with Gasteiger partial charge in [0.1, 0.15) is 16.1 Å². The van der Waals surface area contributed by atoms with E-state index in [-0.39, 0.29) is 16.0 Å². The van der Waals surface area contributed by atoms with Crippen molar-refractivity contribution in [1.82, 2.24) is 14.6 Å². The summed E-state index contributed by atoms with van der Waals surface area (Å²) in [5, 5.41) is 15.1. The molecule has 1 atom stereocenters. The van der Waals surface area contributed by atoms with Crippen LogP contribution >= 0.6 is 22.9 Å². The van der Waals surface area contributed by atoms with Crippen LogP contribution in [0.2, 0.25) is 5.02 Å². The number of amidine groups is 1. The predicted molar refractivity (Wildman–Crippen MR) is 130 cm³/mol. The van der Waals surface area contributed by atoms with Crippen LogP contribution in [-0.4, -0.2) is 59.9 Å². The summed E-state index contributed by atoms with van der Waals surface area (Å²) in [6.45, 7) is 0.753. The second-order valence-electron chi connectivity index (χ2n) is 7.74. The zero-order chi connectivity index (χ0) is 27.5. The fraction of sp³-hybridized carbons (Fsp3) is 0.238. The van der Waals surface area contributed by atoms with Crippen LogP contribution in [0.5, 0.6) is 0 Å². The number of nitrogens with zero attached hydrogens (tertiary/aromatic N) is 2. The van der Waals surface area contributed by atoms with Crippen molar-refractivity contribution in [1.29, 1.82) is 5.41 Å². The van der Waals surface area contributed by atoms with E-state index in [4.69, 9.17) is 32.6 Å². The topological polar surface area (TPSA) is 167 Å². The average molecular weight is 578 g/mol. The smallest absolute Gasteiger partial charge is 0.475 e. The number of hydrogen-bond acceptors (Lipinski definition) is 7. The van der Waals surface area contributed by atoms with Gasteiger partial charge in [0.25, 0.3) is 10.0 Å². The zero-order valence-corrected chi connectivity index (χ0v) is 21.0. The average Bonchev–Trinajstić information content (AvgIpc) is 3.38. The molecule has 4 rings (SSSR count). The lowest BCUT2D eigenvalue weighted by Crippen LogP contribution is -2.41. The molecule has 2 aromatic heterocycles. The number of carbonyl (C=O) groups excluding carboxylic acids is 1. The number of carbonyl (C=O) groups is 2. The number of carboxylic acid groups (broad SMARTS) is 1. The standard InChI is InChI=1S/C19H18ClN5O3S2.C2HF3O2/c20-13-7-16-15(23-9-13)8-17(29-16)30(27,28)24-14-4-5-25(19(14)26)10-11-2-1-3-12(6-11)18(21)22;3-2(4,5)1(6)7/h1-3,6-9,14,24H,4-5,10H2,(H3,21,22);(H,6,7). The van der Waals surface area contributed by atoms with Gasteiger partial charge in [-0.2, -0.15) is 17.9 Å². The van der Waals surface area contributed by atoms with E-state index in [1.165, 1.54) is 12.3 Å². The van der Waals surface area contributed by atoms with Crippen molar-refractivity contribution < 1.29 is 36.3 Å². The Morgan fingerprint density at radius 3 is 2.62 bits per heavy atom. The number of nitrogen functional groups attached to an aromatic ring is 1. The Balaban J connectivity index is 0.000000479. The Hall–Kier alpha value is -3.27. The molecule has 1 amide bonds. The van der Waals surface area contributed by atoms with E-state index < -0.39 is 28.2 Å². The summed E-state index contributed by atoms with van der Waals surface area (Å²) >= 11 is 6.98. The highest BCUT2D eigenvalue weighted by atomic mass is 35.5. The summed E-state index contributed by atoms with van der Waals surface area (Å²) < 4.78 is 60.6. The highest BCUT2D eigenvalue weighted by Crippen LogP contribution is 2.30. The number of likely N-dealkylation sites (tertiary alicyclic amines) is 1. The maximum absolute atomic E-state index is 12.8. The van der Waals surface area contributed by atoms with Gasteiger partial charge >= 0.3 is 12.1 Å². The van der Waals surface area contributed by atoms with Gasteiger partial charge in [-0.05, 0) is 30.2 Å². The first-order valence-corrected chi connectivity index (χ1v) is 12.9. The number of alkyl halides is 3. The van der Waals surface area contributed by atoms with Gasteiger partial charge in [-0.3, -0.25) is 15.2 Å². The molecule has 5 N–H and O–H groups in total. The summed E-state index contributed by atoms with van der Waals surface area (Å²) in [5.41, 5.74) is 7.46. The van der Waals surface area contributed by atoms with Gasteiger partial charge in [-0.1, -0.05) is 29.8 Å². The minimum atomic E-state index is -5.08. The number of fused-ring (bicyclic) bond motifs is 1. The third-order valence-electron chi connectivity index (χ3n) is 5.03. The number of pyridine rings is 1. The van der Waals surface area contributed by atoms with Gasteiger partial charge in [0.05, 0.1) is 15.2 Å². The Bertz CT molecular complexity index is 1460. The van der Waals surface area contributed by atoms with E-state index >= 15 is 0 Å². The number of amides is 1. The van der Waals surface area contributed by atoms with E-state index in [0.29, 0.717) is 40.3 Å². The molecule has 1 saturated heterocycles. The van der Waals surface area contributed by atoms with E-state index in [9.17, 15) is 26.4 Å². The Labute approximate surface area is 217 Å². The van der Waals surface area contributed by atoms with E-state index in [2.05, 4.69) is 9.71 Å². The second-order valence-corrected chi connectivity index (χ2v) is 11.2. The Kier molecular flexibility index (Phi) is 8.42. The van der Waals surface area contributed by atoms with Crippen LogP contribution in [0, 0.1) is 5.41 Å². The van der Waals surface area contributed by atoms with Crippen LogP contribution < -0.4 is 10.5 Å². The predicted octanol–water partition coefficient (Wildman–Crippen LogP) is 2.95. The molecular formula is C21H19ClF3N5O5S2. The number of aliphatic carboxylic acids is 1. The summed E-state index contributed by atoms with van der Waals surface area (Å²) in [7, 11) is -3.87. The van der Waals surface area contributed by atoms with Crippen LogP contribution in [-0.2, 0) is 26.2 Å². The monoisotopic (exact) mass is 577 g/mol. The third kappa shape index (κ3) is 7.15. The van der Waals surface area contributed by atoms with Crippen LogP contribution in [0.1, 0.15) is 17.5 Å². The molecule has 0 radical (unpaired) electrons. The normalized spacial score (nSPS) is 15.9. The molecule has 0 aliphatic carbocycles. The number of carboxylic acids is 1. The van der Waals surface area contributed by atoms with Gasteiger partial charge < -0.3 is 15.7 Å². The number of nitrogens with one attached hydrogen (secondary N) is 2. The summed E-state index contributed by atoms with van der Waals surface area (Å²) in [6, 6.07) is 9.40. The molecular weight excluding hydrogens is 559 g/mol. The first kappa shape index (κ1) is 28.3. The molecule has 1 aliphatic heterocycles. The SMILES string of the molecule is N=C(N)c1cccc(CN2CCC(NS(=O)(=O)c3cc4ncc(Cl)cc4s3)C2=O)c1.O=C(O)C(F)(F)F. The fourth-order valence-electron chi connectivity index (χ4n) is 3.31. The summed E-state index contributed by atoms with van der Waals surface area (Å²) in [4.78, 5) is 27.4. The number of thiophene rings is 1. The number of aromatic nitrogens is 1. The molecule has 0 saturated carbocycles. The van der Waals surface area contributed by atoms with Crippen molar-refractivity contribution in [2.24, 2.45) is 5.73 Å². The van der Waals surface area contributed by atoms with E-state index in [1.807, 2.05) is 6.07 Å². The molecule has 1 unspecified atom stereocenters. The van der Waals surface area contributed by atoms with Gasteiger partial charge in [0.15, 0.2) is 0 Å². The quantitative estimate of drug-likeness (QED) is 0.258. The lowest BCUT2D eigenvalue weighted by atomic mass is 10.1. The largest absolute Gasteiger partial charge is 0.490 e. The number of halogens is 4. The molecule has 10 nitrogen and oxygen atoms in total. The lowest BCUT2D eigenvalue weighted by Gasteiger charge is -2.17. The summed E-state index contributed by atoms with van der Waals surface area (Å²) in [6.07, 6.45) is -3.25. The van der Waals surface area contributed by atoms with Crippen molar-refractivity contribution in [2.75, 3.05) is 6.54 Å². The fourth-order valence-corrected chi connectivity index (χ4v) is 6.15. The number of hydrogen-bond donors (Lipinski definition) is 4. The number of nitrogens with two attached hydrogens (primary N) is 1. The van der Waals surface area contributed by atoms with E-state index in [0.717, 1.165) is 16.9 Å². The molecule has 16 heteroatoms.